The third-order valence-corrected chi connectivity index (χ3v) is 10.2. The smallest absolute Gasteiger partial charge is 0.264 e. The molecule has 0 saturated carbocycles. The zero-order valence-corrected chi connectivity index (χ0v) is 29.6. The first-order valence-corrected chi connectivity index (χ1v) is 18.0. The van der Waals surface area contributed by atoms with E-state index in [0.717, 1.165) is 25.5 Å². The number of nitrogens with one attached hydrogen (secondary N) is 1. The maximum atomic E-state index is 14.6. The van der Waals surface area contributed by atoms with Gasteiger partial charge in [0.15, 0.2) is 0 Å². The first kappa shape index (κ1) is 35.7. The van der Waals surface area contributed by atoms with Gasteiger partial charge in [0.2, 0.25) is 11.8 Å². The van der Waals surface area contributed by atoms with Gasteiger partial charge in [0.25, 0.3) is 10.0 Å². The molecule has 0 fully saturated rings. The molecule has 0 radical (unpaired) electrons. The van der Waals surface area contributed by atoms with Crippen LogP contribution in [0.3, 0.4) is 0 Å². The molecule has 248 valence electrons. The molecule has 0 saturated heterocycles. The summed E-state index contributed by atoms with van der Waals surface area (Å²) in [7, 11) is -4.21. The molecule has 0 heterocycles. The zero-order valence-electron chi connectivity index (χ0n) is 27.2. The van der Waals surface area contributed by atoms with Gasteiger partial charge in [-0.25, -0.2) is 8.42 Å². The van der Waals surface area contributed by atoms with Gasteiger partial charge in [-0.1, -0.05) is 83.0 Å². The molecule has 2 amide bonds. The molecule has 0 aromatic heterocycles. The van der Waals surface area contributed by atoms with Crippen molar-refractivity contribution in [1.82, 2.24) is 10.2 Å². The summed E-state index contributed by atoms with van der Waals surface area (Å²) in [4.78, 5) is 30.1. The normalized spacial score (nSPS) is 12.5. The van der Waals surface area contributed by atoms with E-state index >= 15 is 0 Å². The van der Waals surface area contributed by atoms with E-state index < -0.39 is 28.5 Å². The van der Waals surface area contributed by atoms with E-state index in [0.29, 0.717) is 24.5 Å². The summed E-state index contributed by atoms with van der Waals surface area (Å²) in [5.74, 6) is -0.269. The van der Waals surface area contributed by atoms with Gasteiger partial charge in [0.05, 0.1) is 17.2 Å². The number of rotatable bonds is 15. The fraction of sp³-hybridized carbons (Fsp3) is 0.297. The molecule has 10 heteroatoms. The molecule has 2 atom stereocenters. The minimum atomic E-state index is -4.21. The molecule has 4 aromatic rings. The molecule has 0 aliphatic carbocycles. The van der Waals surface area contributed by atoms with Crippen LogP contribution in [0.2, 0.25) is 0 Å². The van der Waals surface area contributed by atoms with Gasteiger partial charge >= 0.3 is 0 Å². The standard InChI is InChI=1S/C37H42BrN3O5S/c1-5-28(4)39-37(43)35(24-29-10-8-7-9-11-29)40(25-30-14-16-31(38)17-15-30)36(42)26-41(32-18-12-27(3)13-19-32)47(44,45)34-22-20-33(21-23-34)46-6-2/h7-23,28,35H,5-6,24-26H2,1-4H3,(H,39,43). The van der Waals surface area contributed by atoms with Crippen LogP contribution in [0.25, 0.3) is 0 Å². The number of carbonyl (C=O) groups excluding carboxylic acids is 2. The van der Waals surface area contributed by atoms with Crippen LogP contribution in [0.15, 0.2) is 112 Å². The van der Waals surface area contributed by atoms with E-state index in [4.69, 9.17) is 4.74 Å². The highest BCUT2D eigenvalue weighted by atomic mass is 79.9. The van der Waals surface area contributed by atoms with Gasteiger partial charge in [-0.05, 0) is 86.8 Å². The van der Waals surface area contributed by atoms with Crippen molar-refractivity contribution in [1.29, 1.82) is 0 Å². The van der Waals surface area contributed by atoms with Crippen LogP contribution in [-0.4, -0.2) is 50.4 Å². The summed E-state index contributed by atoms with van der Waals surface area (Å²) in [6, 6.07) is 29.1. The number of benzene rings is 4. The fourth-order valence-corrected chi connectivity index (χ4v) is 6.70. The minimum absolute atomic E-state index is 0.0177. The Hall–Kier alpha value is -4.15. The van der Waals surface area contributed by atoms with Crippen molar-refractivity contribution in [3.8, 4) is 5.75 Å². The monoisotopic (exact) mass is 719 g/mol. The predicted molar refractivity (Wildman–Crippen MR) is 190 cm³/mol. The maximum absolute atomic E-state index is 14.6. The van der Waals surface area contributed by atoms with E-state index in [-0.39, 0.29) is 29.8 Å². The van der Waals surface area contributed by atoms with Crippen molar-refractivity contribution in [2.24, 2.45) is 0 Å². The molecule has 0 bridgehead atoms. The van der Waals surface area contributed by atoms with Crippen molar-refractivity contribution in [2.45, 2.75) is 64.1 Å². The van der Waals surface area contributed by atoms with Crippen LogP contribution in [-0.2, 0) is 32.6 Å². The minimum Gasteiger partial charge on any atom is -0.494 e. The number of aryl methyl sites for hydroxylation is 1. The zero-order chi connectivity index (χ0) is 34.0. The number of ether oxygens (including phenoxy) is 1. The Morgan fingerprint density at radius 1 is 0.851 bits per heavy atom. The van der Waals surface area contributed by atoms with E-state index in [1.165, 1.54) is 17.0 Å². The Bertz CT molecular complexity index is 1720. The van der Waals surface area contributed by atoms with E-state index in [1.54, 1.807) is 36.4 Å². The quantitative estimate of drug-likeness (QED) is 0.144. The average Bonchev–Trinajstić information content (AvgIpc) is 3.07. The van der Waals surface area contributed by atoms with Crippen LogP contribution in [0.1, 0.15) is 43.9 Å². The van der Waals surface area contributed by atoms with E-state index in [1.807, 2.05) is 82.3 Å². The lowest BCUT2D eigenvalue weighted by atomic mass is 10.0. The SMILES string of the molecule is CCOc1ccc(S(=O)(=O)N(CC(=O)N(Cc2ccc(Br)cc2)C(Cc2ccccc2)C(=O)NC(C)CC)c2ccc(C)cc2)cc1. The lowest BCUT2D eigenvalue weighted by Gasteiger charge is -2.34. The van der Waals surface area contributed by atoms with Gasteiger partial charge in [-0.3, -0.25) is 13.9 Å². The predicted octanol–water partition coefficient (Wildman–Crippen LogP) is 6.91. The van der Waals surface area contributed by atoms with Crippen LogP contribution in [0.4, 0.5) is 5.69 Å². The lowest BCUT2D eigenvalue weighted by molar-refractivity contribution is -0.140. The van der Waals surface area contributed by atoms with Crippen LogP contribution >= 0.6 is 15.9 Å². The summed E-state index contributed by atoms with van der Waals surface area (Å²) in [6.45, 7) is 7.68. The second-order valence-electron chi connectivity index (χ2n) is 11.4. The molecule has 0 aliphatic heterocycles. The van der Waals surface area contributed by atoms with Crippen molar-refractivity contribution in [3.63, 3.8) is 0 Å². The molecule has 2 unspecified atom stereocenters. The third kappa shape index (κ3) is 9.68. The van der Waals surface area contributed by atoms with Crippen molar-refractivity contribution in [3.05, 3.63) is 124 Å². The summed E-state index contributed by atoms with van der Waals surface area (Å²) in [6.07, 6.45) is 0.966. The number of hydrogen-bond acceptors (Lipinski definition) is 5. The first-order valence-electron chi connectivity index (χ1n) is 15.7. The molecular formula is C37H42BrN3O5S. The summed E-state index contributed by atoms with van der Waals surface area (Å²) in [5, 5.41) is 3.06. The van der Waals surface area contributed by atoms with E-state index in [9.17, 15) is 18.0 Å². The molecule has 4 aromatic carbocycles. The number of carbonyl (C=O) groups is 2. The number of amides is 2. The number of halogens is 1. The molecule has 1 N–H and O–H groups in total. The summed E-state index contributed by atoms with van der Waals surface area (Å²) < 4.78 is 36.0. The van der Waals surface area contributed by atoms with Gasteiger partial charge in [0.1, 0.15) is 18.3 Å². The average molecular weight is 721 g/mol. The Morgan fingerprint density at radius 3 is 2.09 bits per heavy atom. The summed E-state index contributed by atoms with van der Waals surface area (Å²) in [5.41, 5.74) is 2.96. The van der Waals surface area contributed by atoms with Gasteiger partial charge in [0, 0.05) is 23.5 Å². The molecule has 0 spiro atoms. The number of anilines is 1. The fourth-order valence-electron chi connectivity index (χ4n) is 5.02. The second kappa shape index (κ2) is 16.6. The number of nitrogens with zero attached hydrogens (tertiary/aromatic N) is 2. The van der Waals surface area contributed by atoms with Crippen LogP contribution in [0, 0.1) is 6.92 Å². The largest absolute Gasteiger partial charge is 0.494 e. The highest BCUT2D eigenvalue weighted by Gasteiger charge is 2.35. The highest BCUT2D eigenvalue weighted by molar-refractivity contribution is 9.10. The number of sulfonamides is 1. The Balaban J connectivity index is 1.79. The van der Waals surface area contributed by atoms with Gasteiger partial charge in [-0.2, -0.15) is 0 Å². The van der Waals surface area contributed by atoms with Crippen LogP contribution in [0.5, 0.6) is 5.75 Å². The Labute approximate surface area is 286 Å². The van der Waals surface area contributed by atoms with Crippen molar-refractivity contribution in [2.75, 3.05) is 17.5 Å². The van der Waals surface area contributed by atoms with Gasteiger partial charge in [-0.15, -0.1) is 0 Å². The first-order chi connectivity index (χ1) is 22.5. The topological polar surface area (TPSA) is 96.0 Å². The molecular weight excluding hydrogens is 678 g/mol. The van der Waals surface area contributed by atoms with Crippen LogP contribution < -0.4 is 14.4 Å². The van der Waals surface area contributed by atoms with E-state index in [2.05, 4.69) is 21.2 Å². The molecule has 47 heavy (non-hydrogen) atoms. The Morgan fingerprint density at radius 2 is 1.49 bits per heavy atom. The molecule has 4 rings (SSSR count). The Kier molecular flexibility index (Phi) is 12.6. The van der Waals surface area contributed by atoms with Crippen molar-refractivity contribution < 1.29 is 22.7 Å². The third-order valence-electron chi connectivity index (χ3n) is 7.86. The summed E-state index contributed by atoms with van der Waals surface area (Å²) >= 11 is 3.47. The second-order valence-corrected chi connectivity index (χ2v) is 14.2. The molecule has 8 nitrogen and oxygen atoms in total. The highest BCUT2D eigenvalue weighted by Crippen LogP contribution is 2.27. The number of hydrogen-bond donors (Lipinski definition) is 1. The lowest BCUT2D eigenvalue weighted by Crippen LogP contribution is -2.54. The van der Waals surface area contributed by atoms with Crippen molar-refractivity contribution >= 4 is 43.5 Å². The maximum Gasteiger partial charge on any atom is 0.264 e. The molecule has 0 aliphatic rings. The van der Waals surface area contributed by atoms with Gasteiger partial charge < -0.3 is 15.0 Å².